The van der Waals surface area contributed by atoms with Crippen molar-refractivity contribution < 1.29 is 20.1 Å². The lowest BCUT2D eigenvalue weighted by molar-refractivity contribution is -0.131. The second-order valence-corrected chi connectivity index (χ2v) is 3.20. The van der Waals surface area contributed by atoms with Crippen LogP contribution in [0.15, 0.2) is 0 Å². The lowest BCUT2D eigenvalue weighted by Crippen LogP contribution is -2.43. The molecule has 0 rings (SSSR count). The number of hydrogen-bond donors (Lipinski definition) is 3. The Balaban J connectivity index is 3.99. The fourth-order valence-corrected chi connectivity index (χ4v) is 0.839. The molecular weight excluding hydrogens is 174 g/mol. The first-order valence-corrected chi connectivity index (χ1v) is 4.12. The normalized spacial score (nSPS) is 17.7. The summed E-state index contributed by atoms with van der Waals surface area (Å²) in [5.41, 5.74) is 0. The Hall–Kier alpha value is -0.650. The third kappa shape index (κ3) is 4.21. The van der Waals surface area contributed by atoms with Crippen LogP contribution >= 0.6 is 0 Å². The van der Waals surface area contributed by atoms with Crippen molar-refractivity contribution in [2.45, 2.75) is 32.2 Å². The highest BCUT2D eigenvalue weighted by Crippen LogP contribution is 2.01. The lowest BCUT2D eigenvalue weighted by Gasteiger charge is -2.24. The third-order valence-corrected chi connectivity index (χ3v) is 1.89. The number of likely N-dealkylation sites (N-methyl/N-ethyl adjacent to an activating group) is 1. The van der Waals surface area contributed by atoms with E-state index in [0.29, 0.717) is 0 Å². The van der Waals surface area contributed by atoms with Crippen LogP contribution in [0.1, 0.15) is 13.8 Å². The molecule has 1 amide bonds. The summed E-state index contributed by atoms with van der Waals surface area (Å²) in [6, 6.07) is 0. The molecule has 0 fully saturated rings. The Morgan fingerprint density at radius 2 is 1.85 bits per heavy atom. The van der Waals surface area contributed by atoms with Crippen LogP contribution in [0.5, 0.6) is 0 Å². The van der Waals surface area contributed by atoms with Crippen molar-refractivity contribution in [2.75, 3.05) is 13.6 Å². The van der Waals surface area contributed by atoms with E-state index in [9.17, 15) is 15.0 Å². The molecule has 78 valence electrons. The van der Waals surface area contributed by atoms with E-state index in [-0.39, 0.29) is 12.5 Å². The Labute approximate surface area is 77.6 Å². The van der Waals surface area contributed by atoms with Gasteiger partial charge in [-0.25, -0.2) is 0 Å². The smallest absolute Gasteiger partial charge is 0.219 e. The molecule has 5 nitrogen and oxygen atoms in total. The van der Waals surface area contributed by atoms with Crippen molar-refractivity contribution in [2.24, 2.45) is 0 Å². The summed E-state index contributed by atoms with van der Waals surface area (Å²) >= 11 is 0. The predicted molar refractivity (Wildman–Crippen MR) is 47.0 cm³/mol. The topological polar surface area (TPSA) is 81.0 Å². The number of aliphatic hydroxyl groups excluding tert-OH is 3. The molecule has 0 spiro atoms. The largest absolute Gasteiger partial charge is 0.391 e. The fraction of sp³-hybridized carbons (Fsp3) is 0.875. The minimum Gasteiger partial charge on any atom is -0.391 e. The number of carbonyl (C=O) groups is 1. The molecule has 0 heterocycles. The van der Waals surface area contributed by atoms with Crippen molar-refractivity contribution in [3.05, 3.63) is 0 Å². The maximum Gasteiger partial charge on any atom is 0.219 e. The van der Waals surface area contributed by atoms with Crippen LogP contribution in [-0.2, 0) is 4.79 Å². The number of hydrogen-bond acceptors (Lipinski definition) is 4. The van der Waals surface area contributed by atoms with Crippen molar-refractivity contribution in [1.82, 2.24) is 4.90 Å². The van der Waals surface area contributed by atoms with Crippen LogP contribution in [-0.4, -0.2) is 58.0 Å². The van der Waals surface area contributed by atoms with Gasteiger partial charge in [0.1, 0.15) is 6.10 Å². The van der Waals surface area contributed by atoms with Gasteiger partial charge in [-0.05, 0) is 6.92 Å². The van der Waals surface area contributed by atoms with Gasteiger partial charge in [0.25, 0.3) is 0 Å². The van der Waals surface area contributed by atoms with E-state index in [1.165, 1.54) is 25.8 Å². The quantitative estimate of drug-likeness (QED) is 0.509. The molecule has 0 aromatic carbocycles. The number of aliphatic hydroxyl groups is 3. The average Bonchev–Trinajstić information content (AvgIpc) is 2.02. The van der Waals surface area contributed by atoms with Gasteiger partial charge in [-0.15, -0.1) is 0 Å². The third-order valence-electron chi connectivity index (χ3n) is 1.89. The van der Waals surface area contributed by atoms with E-state index in [1.54, 1.807) is 0 Å². The SMILES string of the molecule is CC(=O)N(C)CC(O)C(O)C(C)O. The molecule has 0 radical (unpaired) electrons. The van der Waals surface area contributed by atoms with Crippen molar-refractivity contribution in [1.29, 1.82) is 0 Å². The van der Waals surface area contributed by atoms with Gasteiger partial charge >= 0.3 is 0 Å². The van der Waals surface area contributed by atoms with E-state index in [1.807, 2.05) is 0 Å². The van der Waals surface area contributed by atoms with E-state index >= 15 is 0 Å². The molecule has 5 heteroatoms. The first-order chi connectivity index (χ1) is 5.86. The molecule has 3 unspecified atom stereocenters. The standard InChI is InChI=1S/C8H17NO4/c1-5(10)8(13)7(12)4-9(3)6(2)11/h5,7-8,10,12-13H,4H2,1-3H3. The zero-order valence-corrected chi connectivity index (χ0v) is 8.14. The summed E-state index contributed by atoms with van der Waals surface area (Å²) < 4.78 is 0. The summed E-state index contributed by atoms with van der Waals surface area (Å²) in [5, 5.41) is 27.4. The molecule has 0 aliphatic rings. The second-order valence-electron chi connectivity index (χ2n) is 3.20. The monoisotopic (exact) mass is 191 g/mol. The van der Waals surface area contributed by atoms with Gasteiger partial charge in [0.15, 0.2) is 0 Å². The molecule has 3 N–H and O–H groups in total. The van der Waals surface area contributed by atoms with E-state index < -0.39 is 18.3 Å². The highest BCUT2D eigenvalue weighted by Gasteiger charge is 2.22. The van der Waals surface area contributed by atoms with Gasteiger partial charge in [-0.3, -0.25) is 4.79 Å². The van der Waals surface area contributed by atoms with Crippen molar-refractivity contribution in [3.8, 4) is 0 Å². The number of nitrogens with zero attached hydrogens (tertiary/aromatic N) is 1. The molecule has 0 aromatic rings. The van der Waals surface area contributed by atoms with Gasteiger partial charge in [-0.1, -0.05) is 0 Å². The Bertz CT molecular complexity index is 172. The summed E-state index contributed by atoms with van der Waals surface area (Å²) in [4.78, 5) is 12.0. The van der Waals surface area contributed by atoms with Crippen LogP contribution in [0.3, 0.4) is 0 Å². The molecule has 0 aromatic heterocycles. The van der Waals surface area contributed by atoms with E-state index in [0.717, 1.165) is 0 Å². The molecule has 0 aliphatic heterocycles. The van der Waals surface area contributed by atoms with Crippen molar-refractivity contribution >= 4 is 5.91 Å². The highest BCUT2D eigenvalue weighted by atomic mass is 16.4. The molecule has 0 bridgehead atoms. The van der Waals surface area contributed by atoms with Gasteiger partial charge in [0.2, 0.25) is 5.91 Å². The second kappa shape index (κ2) is 5.16. The molecule has 0 aliphatic carbocycles. The van der Waals surface area contributed by atoms with Crippen LogP contribution in [0.4, 0.5) is 0 Å². The van der Waals surface area contributed by atoms with Crippen molar-refractivity contribution in [3.63, 3.8) is 0 Å². The van der Waals surface area contributed by atoms with Gasteiger partial charge < -0.3 is 20.2 Å². The minimum absolute atomic E-state index is 0.0153. The van der Waals surface area contributed by atoms with Crippen LogP contribution in [0.2, 0.25) is 0 Å². The van der Waals surface area contributed by atoms with Gasteiger partial charge in [0, 0.05) is 20.5 Å². The van der Waals surface area contributed by atoms with Crippen LogP contribution < -0.4 is 0 Å². The zero-order chi connectivity index (χ0) is 10.6. The summed E-state index contributed by atoms with van der Waals surface area (Å²) in [6.07, 6.45) is -3.34. The van der Waals surface area contributed by atoms with Crippen LogP contribution in [0.25, 0.3) is 0 Å². The van der Waals surface area contributed by atoms with E-state index in [4.69, 9.17) is 5.11 Å². The summed E-state index contributed by atoms with van der Waals surface area (Å²) in [5.74, 6) is -0.197. The molecular formula is C8H17NO4. The van der Waals surface area contributed by atoms with Gasteiger partial charge in [-0.2, -0.15) is 0 Å². The molecule has 3 atom stereocenters. The Morgan fingerprint density at radius 1 is 1.38 bits per heavy atom. The average molecular weight is 191 g/mol. The first kappa shape index (κ1) is 12.3. The predicted octanol–water partition coefficient (Wildman–Crippen LogP) is -1.43. The Morgan fingerprint density at radius 3 is 2.15 bits per heavy atom. The Kier molecular flexibility index (Phi) is 4.90. The first-order valence-electron chi connectivity index (χ1n) is 4.12. The molecule has 0 saturated carbocycles. The number of rotatable bonds is 4. The van der Waals surface area contributed by atoms with Gasteiger partial charge in [0.05, 0.1) is 12.2 Å². The molecule has 0 saturated heterocycles. The lowest BCUT2D eigenvalue weighted by atomic mass is 10.1. The van der Waals surface area contributed by atoms with Crippen LogP contribution in [0, 0.1) is 0 Å². The summed E-state index contributed by atoms with van der Waals surface area (Å²) in [6.45, 7) is 2.75. The number of amides is 1. The number of carbonyl (C=O) groups excluding carboxylic acids is 1. The summed E-state index contributed by atoms with van der Waals surface area (Å²) in [7, 11) is 1.51. The molecule has 13 heavy (non-hydrogen) atoms. The highest BCUT2D eigenvalue weighted by molar-refractivity contribution is 5.72. The maximum absolute atomic E-state index is 10.7. The fourth-order valence-electron chi connectivity index (χ4n) is 0.839. The van der Waals surface area contributed by atoms with E-state index in [2.05, 4.69) is 0 Å². The zero-order valence-electron chi connectivity index (χ0n) is 8.14. The maximum atomic E-state index is 10.7. The minimum atomic E-state index is -1.22.